The SMILES string of the molecule is CC(C)n1cc(-c2cnc3[nH]cc(-c4cc(C5(O)CCNCC5)nc(N)n4)c3c2)cn1. The lowest BCUT2D eigenvalue weighted by atomic mass is 9.88. The highest BCUT2D eigenvalue weighted by atomic mass is 16.3. The molecule has 4 aromatic heterocycles. The van der Waals surface area contributed by atoms with Gasteiger partial charge in [-0.2, -0.15) is 5.10 Å². The Balaban J connectivity index is 1.59. The van der Waals surface area contributed by atoms with Crippen molar-refractivity contribution in [3.8, 4) is 22.4 Å². The monoisotopic (exact) mass is 418 g/mol. The van der Waals surface area contributed by atoms with E-state index in [0.717, 1.165) is 40.8 Å². The van der Waals surface area contributed by atoms with Crippen molar-refractivity contribution in [2.45, 2.75) is 38.3 Å². The van der Waals surface area contributed by atoms with Gasteiger partial charge >= 0.3 is 0 Å². The lowest BCUT2D eigenvalue weighted by Crippen LogP contribution is -2.40. The van der Waals surface area contributed by atoms with Crippen LogP contribution in [0, 0.1) is 0 Å². The van der Waals surface area contributed by atoms with Crippen molar-refractivity contribution in [3.05, 3.63) is 42.6 Å². The van der Waals surface area contributed by atoms with E-state index in [4.69, 9.17) is 5.73 Å². The van der Waals surface area contributed by atoms with Gasteiger partial charge in [-0.05, 0) is 51.9 Å². The smallest absolute Gasteiger partial charge is 0.220 e. The Morgan fingerprint density at radius 2 is 1.94 bits per heavy atom. The number of aliphatic hydroxyl groups is 1. The Morgan fingerprint density at radius 1 is 1.13 bits per heavy atom. The van der Waals surface area contributed by atoms with Gasteiger partial charge in [0, 0.05) is 46.7 Å². The molecule has 1 fully saturated rings. The van der Waals surface area contributed by atoms with Gasteiger partial charge in [0.05, 0.1) is 17.6 Å². The molecule has 160 valence electrons. The third-order valence-corrected chi connectivity index (χ3v) is 5.92. The molecular weight excluding hydrogens is 392 g/mol. The first-order valence-corrected chi connectivity index (χ1v) is 10.5. The number of pyridine rings is 1. The van der Waals surface area contributed by atoms with Crippen molar-refractivity contribution in [1.82, 2.24) is 35.0 Å². The standard InChI is InChI=1S/C22H26N8O/c1-13(2)30-12-15(10-27-30)14-7-16-17(11-26-20(16)25-9-14)18-8-19(29-21(23)28-18)22(31)3-5-24-6-4-22/h7-13,24,31H,3-6H2,1-2H3,(H,25,26)(H2,23,28,29). The Morgan fingerprint density at radius 3 is 2.68 bits per heavy atom. The Hall–Kier alpha value is -3.30. The maximum atomic E-state index is 11.1. The number of fused-ring (bicyclic) bond motifs is 1. The quantitative estimate of drug-likeness (QED) is 0.401. The molecule has 9 nitrogen and oxygen atoms in total. The van der Waals surface area contributed by atoms with Gasteiger partial charge in [0.25, 0.3) is 0 Å². The van der Waals surface area contributed by atoms with Crippen LogP contribution in [0.25, 0.3) is 33.4 Å². The molecule has 1 aliphatic rings. The number of nitrogen functional groups attached to an aromatic ring is 1. The van der Waals surface area contributed by atoms with E-state index in [1.165, 1.54) is 0 Å². The van der Waals surface area contributed by atoms with E-state index in [1.54, 1.807) is 0 Å². The van der Waals surface area contributed by atoms with Gasteiger partial charge in [0.2, 0.25) is 5.95 Å². The number of hydrogen-bond acceptors (Lipinski definition) is 7. The van der Waals surface area contributed by atoms with Gasteiger partial charge in [-0.15, -0.1) is 0 Å². The van der Waals surface area contributed by atoms with Gasteiger partial charge < -0.3 is 21.1 Å². The zero-order valence-corrected chi connectivity index (χ0v) is 17.6. The fourth-order valence-corrected chi connectivity index (χ4v) is 4.08. The van der Waals surface area contributed by atoms with Gasteiger partial charge in [-0.1, -0.05) is 0 Å². The van der Waals surface area contributed by atoms with Crippen LogP contribution in [0.5, 0.6) is 0 Å². The lowest BCUT2D eigenvalue weighted by Gasteiger charge is -2.32. The Kier molecular flexibility index (Phi) is 4.71. The zero-order chi connectivity index (χ0) is 21.6. The van der Waals surface area contributed by atoms with E-state index < -0.39 is 5.60 Å². The summed E-state index contributed by atoms with van der Waals surface area (Å²) in [6.45, 7) is 5.66. The first-order valence-electron chi connectivity index (χ1n) is 10.5. The minimum Gasteiger partial charge on any atom is -0.383 e. The fraction of sp³-hybridized carbons (Fsp3) is 0.364. The van der Waals surface area contributed by atoms with Gasteiger partial charge in [-0.3, -0.25) is 4.68 Å². The summed E-state index contributed by atoms with van der Waals surface area (Å²) >= 11 is 0. The number of aromatic amines is 1. The van der Waals surface area contributed by atoms with Gasteiger partial charge in [-0.25, -0.2) is 15.0 Å². The van der Waals surface area contributed by atoms with Crippen LogP contribution >= 0.6 is 0 Å². The molecule has 5 heterocycles. The molecule has 5 rings (SSSR count). The molecular formula is C22H26N8O. The number of hydrogen-bond donors (Lipinski definition) is 4. The second-order valence-corrected chi connectivity index (χ2v) is 8.40. The number of nitrogens with zero attached hydrogens (tertiary/aromatic N) is 5. The predicted molar refractivity (Wildman–Crippen MR) is 119 cm³/mol. The van der Waals surface area contributed by atoms with Crippen molar-refractivity contribution < 1.29 is 5.11 Å². The molecule has 5 N–H and O–H groups in total. The van der Waals surface area contributed by atoms with Crippen LogP contribution < -0.4 is 11.1 Å². The molecule has 0 unspecified atom stereocenters. The molecule has 0 aliphatic carbocycles. The topological polar surface area (TPSA) is 131 Å². The highest BCUT2D eigenvalue weighted by molar-refractivity contribution is 5.95. The predicted octanol–water partition coefficient (Wildman–Crippen LogP) is 2.62. The first-order chi connectivity index (χ1) is 14.9. The Labute approximate surface area is 179 Å². The maximum absolute atomic E-state index is 11.1. The molecule has 0 amide bonds. The van der Waals surface area contributed by atoms with E-state index in [1.807, 2.05) is 35.5 Å². The summed E-state index contributed by atoms with van der Waals surface area (Å²) in [6, 6.07) is 4.21. The molecule has 0 aromatic carbocycles. The van der Waals surface area contributed by atoms with E-state index in [2.05, 4.69) is 50.3 Å². The number of piperidine rings is 1. The van der Waals surface area contributed by atoms with E-state index in [-0.39, 0.29) is 12.0 Å². The van der Waals surface area contributed by atoms with E-state index in [0.29, 0.717) is 24.2 Å². The minimum atomic E-state index is -1.00. The van der Waals surface area contributed by atoms with Crippen LogP contribution in [-0.4, -0.2) is 47.9 Å². The van der Waals surface area contributed by atoms with Crippen molar-refractivity contribution in [1.29, 1.82) is 0 Å². The molecule has 0 atom stereocenters. The van der Waals surface area contributed by atoms with E-state index >= 15 is 0 Å². The van der Waals surface area contributed by atoms with Crippen molar-refractivity contribution >= 4 is 17.0 Å². The fourth-order valence-electron chi connectivity index (χ4n) is 4.08. The van der Waals surface area contributed by atoms with Gasteiger partial charge in [0.15, 0.2) is 0 Å². The Bertz CT molecular complexity index is 1240. The largest absolute Gasteiger partial charge is 0.383 e. The average molecular weight is 419 g/mol. The number of aromatic nitrogens is 6. The number of rotatable bonds is 4. The molecule has 1 saturated heterocycles. The highest BCUT2D eigenvalue weighted by Crippen LogP contribution is 2.34. The summed E-state index contributed by atoms with van der Waals surface area (Å²) in [6.07, 6.45) is 8.75. The van der Waals surface area contributed by atoms with Gasteiger partial charge in [0.1, 0.15) is 11.2 Å². The normalized spacial score (nSPS) is 16.3. The van der Waals surface area contributed by atoms with Crippen molar-refractivity contribution in [3.63, 3.8) is 0 Å². The molecule has 31 heavy (non-hydrogen) atoms. The molecule has 9 heteroatoms. The average Bonchev–Trinajstić information content (AvgIpc) is 3.41. The lowest BCUT2D eigenvalue weighted by molar-refractivity contribution is 0.00194. The molecule has 4 aromatic rings. The minimum absolute atomic E-state index is 0.149. The summed E-state index contributed by atoms with van der Waals surface area (Å²) in [4.78, 5) is 16.6. The summed E-state index contributed by atoms with van der Waals surface area (Å²) in [7, 11) is 0. The van der Waals surface area contributed by atoms with Crippen LogP contribution in [-0.2, 0) is 5.60 Å². The number of nitrogens with two attached hydrogens (primary N) is 1. The zero-order valence-electron chi connectivity index (χ0n) is 17.6. The molecule has 0 saturated carbocycles. The third-order valence-electron chi connectivity index (χ3n) is 5.92. The summed E-state index contributed by atoms with van der Waals surface area (Å²) < 4.78 is 1.93. The second kappa shape index (κ2) is 7.44. The second-order valence-electron chi connectivity index (χ2n) is 8.40. The molecule has 0 spiro atoms. The summed E-state index contributed by atoms with van der Waals surface area (Å²) in [5.74, 6) is 0.149. The third kappa shape index (κ3) is 3.55. The maximum Gasteiger partial charge on any atom is 0.220 e. The van der Waals surface area contributed by atoms with E-state index in [9.17, 15) is 5.11 Å². The van der Waals surface area contributed by atoms with Crippen LogP contribution in [0.4, 0.5) is 5.95 Å². The molecule has 1 aliphatic heterocycles. The van der Waals surface area contributed by atoms with Crippen molar-refractivity contribution in [2.24, 2.45) is 0 Å². The number of anilines is 1. The molecule has 0 radical (unpaired) electrons. The highest BCUT2D eigenvalue weighted by Gasteiger charge is 2.33. The molecule has 0 bridgehead atoms. The van der Waals surface area contributed by atoms with Crippen LogP contribution in [0.15, 0.2) is 36.9 Å². The van der Waals surface area contributed by atoms with Crippen molar-refractivity contribution in [2.75, 3.05) is 18.8 Å². The number of nitrogens with one attached hydrogen (secondary N) is 2. The first kappa shape index (κ1) is 19.7. The summed E-state index contributed by atoms with van der Waals surface area (Å²) in [5, 5.41) is 19.8. The van der Waals surface area contributed by atoms with Crippen LogP contribution in [0.1, 0.15) is 38.4 Å². The van der Waals surface area contributed by atoms with Crippen LogP contribution in [0.3, 0.4) is 0 Å². The summed E-state index contributed by atoms with van der Waals surface area (Å²) in [5.41, 5.74) is 9.87. The number of H-pyrrole nitrogens is 1. The van der Waals surface area contributed by atoms with Crippen LogP contribution in [0.2, 0.25) is 0 Å².